The van der Waals surface area contributed by atoms with Crippen molar-refractivity contribution in [2.45, 2.75) is 51.8 Å². The van der Waals surface area contributed by atoms with E-state index in [2.05, 4.69) is 24.1 Å². The van der Waals surface area contributed by atoms with Gasteiger partial charge in [0, 0.05) is 30.5 Å². The molecule has 1 N–H and O–H groups in total. The van der Waals surface area contributed by atoms with E-state index in [0.717, 1.165) is 18.3 Å². The summed E-state index contributed by atoms with van der Waals surface area (Å²) in [6, 6.07) is 0.750. The van der Waals surface area contributed by atoms with Gasteiger partial charge in [0.25, 0.3) is 0 Å². The van der Waals surface area contributed by atoms with Crippen molar-refractivity contribution < 1.29 is 4.74 Å². The van der Waals surface area contributed by atoms with Crippen molar-refractivity contribution in [1.29, 1.82) is 0 Å². The number of thiazole rings is 1. The maximum atomic E-state index is 5.20. The van der Waals surface area contributed by atoms with E-state index in [1.807, 2.05) is 11.3 Å². The van der Waals surface area contributed by atoms with Crippen LogP contribution in [0.15, 0.2) is 0 Å². The van der Waals surface area contributed by atoms with E-state index in [1.165, 1.54) is 22.7 Å². The molecule has 0 bridgehead atoms. The summed E-state index contributed by atoms with van der Waals surface area (Å²) in [7, 11) is 1.73. The first-order valence-corrected chi connectivity index (χ1v) is 6.73. The van der Waals surface area contributed by atoms with Crippen LogP contribution < -0.4 is 5.32 Å². The Labute approximate surface area is 101 Å². The highest BCUT2D eigenvalue weighted by Crippen LogP contribution is 2.27. The van der Waals surface area contributed by atoms with E-state index in [-0.39, 0.29) is 0 Å². The number of rotatable bonds is 6. The molecule has 0 amide bonds. The first kappa shape index (κ1) is 12.0. The number of nitrogens with zero attached hydrogens (tertiary/aromatic N) is 1. The second-order valence-corrected chi connectivity index (χ2v) is 5.78. The topological polar surface area (TPSA) is 34.1 Å². The van der Waals surface area contributed by atoms with Crippen LogP contribution >= 0.6 is 11.3 Å². The molecular formula is C12H20N2OS. The molecule has 1 saturated carbocycles. The molecule has 1 fully saturated rings. The number of methoxy groups -OCH3 is 1. The fourth-order valence-electron chi connectivity index (χ4n) is 1.56. The van der Waals surface area contributed by atoms with E-state index in [9.17, 15) is 0 Å². The molecule has 4 heteroatoms. The number of aromatic nitrogens is 1. The predicted octanol–water partition coefficient (Wildman–Crippen LogP) is 2.66. The Kier molecular flexibility index (Phi) is 3.95. The minimum Gasteiger partial charge on any atom is -0.378 e. The summed E-state index contributed by atoms with van der Waals surface area (Å²) in [5.74, 6) is 0.510. The fraction of sp³-hybridized carbons (Fsp3) is 0.750. The van der Waals surface area contributed by atoms with Gasteiger partial charge in [-0.15, -0.1) is 11.3 Å². The van der Waals surface area contributed by atoms with E-state index in [0.29, 0.717) is 12.5 Å². The molecule has 3 nitrogen and oxygen atoms in total. The molecule has 1 aromatic rings. The lowest BCUT2D eigenvalue weighted by Crippen LogP contribution is -2.15. The van der Waals surface area contributed by atoms with Gasteiger partial charge in [-0.25, -0.2) is 4.98 Å². The largest absolute Gasteiger partial charge is 0.378 e. The monoisotopic (exact) mass is 240 g/mol. The summed E-state index contributed by atoms with van der Waals surface area (Å²) < 4.78 is 5.20. The van der Waals surface area contributed by atoms with Crippen molar-refractivity contribution in [3.05, 3.63) is 15.6 Å². The van der Waals surface area contributed by atoms with E-state index in [1.54, 1.807) is 7.11 Å². The zero-order chi connectivity index (χ0) is 11.5. The highest BCUT2D eigenvalue weighted by Gasteiger charge is 2.21. The van der Waals surface area contributed by atoms with E-state index in [4.69, 9.17) is 4.74 Å². The zero-order valence-electron chi connectivity index (χ0n) is 10.2. The van der Waals surface area contributed by atoms with Gasteiger partial charge in [-0.3, -0.25) is 0 Å². The van der Waals surface area contributed by atoms with Gasteiger partial charge < -0.3 is 10.1 Å². The Morgan fingerprint density at radius 2 is 2.25 bits per heavy atom. The van der Waals surface area contributed by atoms with Crippen molar-refractivity contribution in [3.8, 4) is 0 Å². The van der Waals surface area contributed by atoms with Gasteiger partial charge in [-0.05, 0) is 12.8 Å². The smallest absolute Gasteiger partial charge is 0.0958 e. The molecule has 0 atom stereocenters. The molecule has 90 valence electrons. The molecule has 1 heterocycles. The quantitative estimate of drug-likeness (QED) is 0.830. The Balaban J connectivity index is 2.05. The Hall–Kier alpha value is -0.450. The summed E-state index contributed by atoms with van der Waals surface area (Å²) in [5, 5.41) is 4.76. The minimum atomic E-state index is 0.510. The van der Waals surface area contributed by atoms with Crippen LogP contribution in [0.1, 0.15) is 48.2 Å². The average Bonchev–Trinajstić information content (AvgIpc) is 2.98. The van der Waals surface area contributed by atoms with Crippen molar-refractivity contribution in [3.63, 3.8) is 0 Å². The van der Waals surface area contributed by atoms with Gasteiger partial charge in [-0.1, -0.05) is 13.8 Å². The van der Waals surface area contributed by atoms with Crippen LogP contribution in [0.2, 0.25) is 0 Å². The molecule has 1 aliphatic carbocycles. The van der Waals surface area contributed by atoms with Crippen molar-refractivity contribution in [1.82, 2.24) is 10.3 Å². The molecular weight excluding hydrogens is 220 g/mol. The molecule has 1 aliphatic rings. The average molecular weight is 240 g/mol. The summed E-state index contributed by atoms with van der Waals surface area (Å²) in [4.78, 5) is 6.00. The summed E-state index contributed by atoms with van der Waals surface area (Å²) >= 11 is 1.82. The lowest BCUT2D eigenvalue weighted by Gasteiger charge is -2.02. The van der Waals surface area contributed by atoms with Crippen molar-refractivity contribution >= 4 is 11.3 Å². The van der Waals surface area contributed by atoms with Gasteiger partial charge in [0.05, 0.1) is 17.3 Å². The van der Waals surface area contributed by atoms with E-state index < -0.39 is 0 Å². The number of nitrogens with one attached hydrogen (secondary N) is 1. The lowest BCUT2D eigenvalue weighted by atomic mass is 10.2. The number of hydrogen-bond acceptors (Lipinski definition) is 4. The summed E-state index contributed by atoms with van der Waals surface area (Å²) in [6.07, 6.45) is 2.66. The second-order valence-electron chi connectivity index (χ2n) is 4.66. The van der Waals surface area contributed by atoms with Crippen LogP contribution in [-0.4, -0.2) is 18.1 Å². The standard InChI is InChI=1S/C12H20N2OS/c1-8(2)12-14-10(7-15-3)11(16-12)6-13-9-4-5-9/h8-9,13H,4-7H2,1-3H3. The Bertz CT molecular complexity index is 345. The van der Waals surface area contributed by atoms with Gasteiger partial charge in [0.2, 0.25) is 0 Å². The Morgan fingerprint density at radius 1 is 1.50 bits per heavy atom. The number of ether oxygens (including phenoxy) is 1. The van der Waals surface area contributed by atoms with Crippen LogP contribution in [-0.2, 0) is 17.9 Å². The summed E-state index contributed by atoms with van der Waals surface area (Å²) in [5.41, 5.74) is 1.12. The maximum absolute atomic E-state index is 5.20. The van der Waals surface area contributed by atoms with Gasteiger partial charge >= 0.3 is 0 Å². The third kappa shape index (κ3) is 3.03. The van der Waals surface area contributed by atoms with Crippen molar-refractivity contribution in [2.24, 2.45) is 0 Å². The lowest BCUT2D eigenvalue weighted by molar-refractivity contribution is 0.181. The molecule has 0 radical (unpaired) electrons. The highest BCUT2D eigenvalue weighted by atomic mass is 32.1. The summed E-state index contributed by atoms with van der Waals surface area (Å²) in [6.45, 7) is 5.96. The molecule has 0 spiro atoms. The molecule has 16 heavy (non-hydrogen) atoms. The third-order valence-corrected chi connectivity index (χ3v) is 4.10. The highest BCUT2D eigenvalue weighted by molar-refractivity contribution is 7.11. The molecule has 0 aliphatic heterocycles. The van der Waals surface area contributed by atoms with Gasteiger partial charge in [0.1, 0.15) is 0 Å². The first-order valence-electron chi connectivity index (χ1n) is 5.91. The van der Waals surface area contributed by atoms with E-state index >= 15 is 0 Å². The second kappa shape index (κ2) is 5.25. The molecule has 2 rings (SSSR count). The van der Waals surface area contributed by atoms with Crippen LogP contribution in [0, 0.1) is 0 Å². The van der Waals surface area contributed by atoms with Crippen LogP contribution in [0.5, 0.6) is 0 Å². The molecule has 1 aromatic heterocycles. The van der Waals surface area contributed by atoms with Crippen LogP contribution in [0.25, 0.3) is 0 Å². The first-order chi connectivity index (χ1) is 7.70. The normalized spacial score (nSPS) is 16.0. The maximum Gasteiger partial charge on any atom is 0.0958 e. The molecule has 0 aromatic carbocycles. The zero-order valence-corrected chi connectivity index (χ0v) is 11.1. The number of hydrogen-bond donors (Lipinski definition) is 1. The van der Waals surface area contributed by atoms with Crippen molar-refractivity contribution in [2.75, 3.05) is 7.11 Å². The van der Waals surface area contributed by atoms with Gasteiger partial charge in [0.15, 0.2) is 0 Å². The molecule has 0 saturated heterocycles. The minimum absolute atomic E-state index is 0.510. The SMILES string of the molecule is COCc1nc(C(C)C)sc1CNC1CC1. The Morgan fingerprint density at radius 3 is 2.81 bits per heavy atom. The van der Waals surface area contributed by atoms with Gasteiger partial charge in [-0.2, -0.15) is 0 Å². The third-order valence-electron chi connectivity index (χ3n) is 2.70. The van der Waals surface area contributed by atoms with Crippen LogP contribution in [0.4, 0.5) is 0 Å². The molecule has 0 unspecified atom stereocenters. The fourth-order valence-corrected chi connectivity index (χ4v) is 2.58. The van der Waals surface area contributed by atoms with Crippen LogP contribution in [0.3, 0.4) is 0 Å². The predicted molar refractivity (Wildman–Crippen MR) is 66.8 cm³/mol.